The van der Waals surface area contributed by atoms with Gasteiger partial charge in [-0.05, 0) is 31.5 Å². The van der Waals surface area contributed by atoms with Crippen LogP contribution in [0.4, 0.5) is 0 Å². The second-order valence-corrected chi connectivity index (χ2v) is 5.01. The summed E-state index contributed by atoms with van der Waals surface area (Å²) in [6, 6.07) is 7.47. The van der Waals surface area contributed by atoms with Crippen LogP contribution in [0.3, 0.4) is 0 Å². The van der Waals surface area contributed by atoms with Crippen LogP contribution in [0, 0.1) is 0 Å². The molecule has 0 radical (unpaired) electrons. The maximum absolute atomic E-state index is 10.2. The number of guanidine groups is 1. The molecule has 0 aliphatic carbocycles. The maximum atomic E-state index is 10.2. The number of hydrogen-bond acceptors (Lipinski definition) is 4. The van der Waals surface area contributed by atoms with Gasteiger partial charge >= 0.3 is 0 Å². The quantitative estimate of drug-likeness (QED) is 0.329. The van der Waals surface area contributed by atoms with Crippen LogP contribution < -0.4 is 15.4 Å². The van der Waals surface area contributed by atoms with Crippen molar-refractivity contribution in [2.45, 2.75) is 26.0 Å². The highest BCUT2D eigenvalue weighted by Crippen LogP contribution is 2.17. The van der Waals surface area contributed by atoms with Gasteiger partial charge < -0.3 is 25.2 Å². The Balaban J connectivity index is 0.00000484. The van der Waals surface area contributed by atoms with Gasteiger partial charge in [-0.2, -0.15) is 0 Å². The van der Waals surface area contributed by atoms with Gasteiger partial charge in [0.05, 0.1) is 26.4 Å². The minimum absolute atomic E-state index is 0. The summed E-state index contributed by atoms with van der Waals surface area (Å²) in [6.07, 6.45) is -0.654. The fourth-order valence-corrected chi connectivity index (χ4v) is 1.95. The number of ether oxygens (including phenoxy) is 2. The number of rotatable bonds is 8. The maximum Gasteiger partial charge on any atom is 0.191 e. The number of aliphatic hydroxyl groups excluding tert-OH is 1. The molecule has 3 N–H and O–H groups in total. The van der Waals surface area contributed by atoms with Gasteiger partial charge in [-0.1, -0.05) is 12.1 Å². The highest BCUT2D eigenvalue weighted by Gasteiger charge is 2.09. The van der Waals surface area contributed by atoms with Gasteiger partial charge in [-0.25, -0.2) is 0 Å². The van der Waals surface area contributed by atoms with Crippen molar-refractivity contribution in [3.05, 3.63) is 29.8 Å². The van der Waals surface area contributed by atoms with Crippen LogP contribution in [-0.2, 0) is 4.74 Å². The second kappa shape index (κ2) is 12.4. The molecule has 132 valence electrons. The lowest BCUT2D eigenvalue weighted by molar-refractivity contribution is 0.178. The first-order chi connectivity index (χ1) is 10.6. The van der Waals surface area contributed by atoms with E-state index in [0.29, 0.717) is 12.6 Å². The number of aliphatic hydroxyl groups is 1. The van der Waals surface area contributed by atoms with Crippen molar-refractivity contribution in [3.63, 3.8) is 0 Å². The Morgan fingerprint density at radius 1 is 1.26 bits per heavy atom. The molecule has 6 nitrogen and oxygen atoms in total. The summed E-state index contributed by atoms with van der Waals surface area (Å²) in [5.74, 6) is 1.43. The zero-order chi connectivity index (χ0) is 16.4. The summed E-state index contributed by atoms with van der Waals surface area (Å²) in [7, 11) is 3.28. The van der Waals surface area contributed by atoms with Crippen molar-refractivity contribution in [2.24, 2.45) is 4.99 Å². The number of nitrogens with one attached hydrogen (secondary N) is 2. The van der Waals surface area contributed by atoms with Crippen LogP contribution in [0.2, 0.25) is 0 Å². The van der Waals surface area contributed by atoms with Gasteiger partial charge in [0.2, 0.25) is 0 Å². The SMILES string of the molecule is CCNC(=NCC(O)c1ccc(OC)cc1)NC(C)COC.I. The molecule has 0 saturated heterocycles. The largest absolute Gasteiger partial charge is 0.497 e. The molecule has 0 aromatic heterocycles. The Hall–Kier alpha value is -1.06. The van der Waals surface area contributed by atoms with Crippen molar-refractivity contribution >= 4 is 29.9 Å². The zero-order valence-electron chi connectivity index (χ0n) is 14.2. The molecule has 0 aliphatic rings. The Labute approximate surface area is 155 Å². The third-order valence-electron chi connectivity index (χ3n) is 3.07. The Morgan fingerprint density at radius 2 is 1.91 bits per heavy atom. The molecule has 1 rings (SSSR count). The highest BCUT2D eigenvalue weighted by molar-refractivity contribution is 14.0. The van der Waals surface area contributed by atoms with Gasteiger partial charge in [-0.15, -0.1) is 24.0 Å². The number of hydrogen-bond donors (Lipinski definition) is 3. The van der Waals surface area contributed by atoms with E-state index in [-0.39, 0.29) is 36.6 Å². The second-order valence-electron chi connectivity index (χ2n) is 5.01. The zero-order valence-corrected chi connectivity index (χ0v) is 16.5. The minimum Gasteiger partial charge on any atom is -0.497 e. The third-order valence-corrected chi connectivity index (χ3v) is 3.07. The van der Waals surface area contributed by atoms with Crippen LogP contribution in [-0.4, -0.2) is 51.0 Å². The van der Waals surface area contributed by atoms with Crippen LogP contribution in [0.25, 0.3) is 0 Å². The van der Waals surface area contributed by atoms with E-state index < -0.39 is 6.10 Å². The molecular weight excluding hydrogens is 409 g/mol. The molecule has 2 atom stereocenters. The van der Waals surface area contributed by atoms with E-state index in [0.717, 1.165) is 17.9 Å². The molecule has 23 heavy (non-hydrogen) atoms. The normalized spacial score (nSPS) is 13.7. The monoisotopic (exact) mass is 437 g/mol. The molecule has 0 spiro atoms. The third kappa shape index (κ3) is 8.38. The number of benzene rings is 1. The van der Waals surface area contributed by atoms with Gasteiger partial charge in [0.1, 0.15) is 5.75 Å². The molecule has 7 heteroatoms. The molecule has 0 amide bonds. The molecule has 0 heterocycles. The Morgan fingerprint density at radius 3 is 2.43 bits per heavy atom. The van der Waals surface area contributed by atoms with Crippen LogP contribution >= 0.6 is 24.0 Å². The van der Waals surface area contributed by atoms with E-state index in [2.05, 4.69) is 15.6 Å². The van der Waals surface area contributed by atoms with Crippen molar-refractivity contribution in [1.82, 2.24) is 10.6 Å². The van der Waals surface area contributed by atoms with E-state index in [1.807, 2.05) is 38.1 Å². The average molecular weight is 437 g/mol. The summed E-state index contributed by atoms with van der Waals surface area (Å²) in [6.45, 7) is 5.63. The fourth-order valence-electron chi connectivity index (χ4n) is 1.95. The summed E-state index contributed by atoms with van der Waals surface area (Å²) in [5, 5.41) is 16.6. The predicted octanol–water partition coefficient (Wildman–Crippen LogP) is 1.94. The number of methoxy groups -OCH3 is 2. The number of nitrogens with zero attached hydrogens (tertiary/aromatic N) is 1. The molecule has 0 aliphatic heterocycles. The van der Waals surface area contributed by atoms with E-state index in [4.69, 9.17) is 9.47 Å². The number of halogens is 1. The lowest BCUT2D eigenvalue weighted by Gasteiger charge is -2.17. The first-order valence-corrected chi connectivity index (χ1v) is 7.46. The molecule has 0 fully saturated rings. The minimum atomic E-state index is -0.654. The number of aliphatic imine (C=N–C) groups is 1. The van der Waals surface area contributed by atoms with Crippen LogP contribution in [0.15, 0.2) is 29.3 Å². The molecule has 1 aromatic rings. The van der Waals surface area contributed by atoms with Crippen LogP contribution in [0.5, 0.6) is 5.75 Å². The predicted molar refractivity (Wildman–Crippen MR) is 104 cm³/mol. The molecule has 2 unspecified atom stereocenters. The summed E-state index contributed by atoms with van der Waals surface area (Å²) < 4.78 is 10.2. The average Bonchev–Trinajstić information content (AvgIpc) is 2.53. The molecule has 0 saturated carbocycles. The lowest BCUT2D eigenvalue weighted by atomic mass is 10.1. The van der Waals surface area contributed by atoms with Crippen molar-refractivity contribution < 1.29 is 14.6 Å². The van der Waals surface area contributed by atoms with Gasteiger partial charge in [0.25, 0.3) is 0 Å². The van der Waals surface area contributed by atoms with Crippen molar-refractivity contribution in [3.8, 4) is 5.75 Å². The lowest BCUT2D eigenvalue weighted by Crippen LogP contribution is -2.44. The smallest absolute Gasteiger partial charge is 0.191 e. The van der Waals surface area contributed by atoms with Crippen molar-refractivity contribution in [1.29, 1.82) is 0 Å². The van der Waals surface area contributed by atoms with Gasteiger partial charge in [0.15, 0.2) is 5.96 Å². The van der Waals surface area contributed by atoms with Crippen molar-refractivity contribution in [2.75, 3.05) is 33.9 Å². The molecular formula is C16H28IN3O3. The molecule has 0 bridgehead atoms. The van der Waals surface area contributed by atoms with Crippen LogP contribution in [0.1, 0.15) is 25.5 Å². The summed E-state index contributed by atoms with van der Waals surface area (Å²) in [4.78, 5) is 4.41. The summed E-state index contributed by atoms with van der Waals surface area (Å²) in [5.41, 5.74) is 0.810. The first-order valence-electron chi connectivity index (χ1n) is 7.46. The van der Waals surface area contributed by atoms with E-state index >= 15 is 0 Å². The van der Waals surface area contributed by atoms with Gasteiger partial charge in [0, 0.05) is 19.7 Å². The first kappa shape index (κ1) is 21.9. The van der Waals surface area contributed by atoms with Gasteiger partial charge in [-0.3, -0.25) is 4.99 Å². The molecule has 1 aromatic carbocycles. The fraction of sp³-hybridized carbons (Fsp3) is 0.562. The van der Waals surface area contributed by atoms with E-state index in [1.165, 1.54) is 0 Å². The Bertz CT molecular complexity index is 454. The topological polar surface area (TPSA) is 75.1 Å². The summed E-state index contributed by atoms with van der Waals surface area (Å²) >= 11 is 0. The van der Waals surface area contributed by atoms with E-state index in [9.17, 15) is 5.11 Å². The van der Waals surface area contributed by atoms with E-state index in [1.54, 1.807) is 14.2 Å². The standard InChI is InChI=1S/C16H27N3O3.HI/c1-5-17-16(19-12(2)11-21-3)18-10-15(20)13-6-8-14(22-4)9-7-13;/h6-9,12,15,20H,5,10-11H2,1-4H3,(H2,17,18,19);1H. The highest BCUT2D eigenvalue weighted by atomic mass is 127. The Kier molecular flexibility index (Phi) is 11.8.